The van der Waals surface area contributed by atoms with Crippen LogP contribution in [-0.2, 0) is 20.8 Å². The zero-order valence-corrected chi connectivity index (χ0v) is 17.1. The number of amides is 3. The summed E-state index contributed by atoms with van der Waals surface area (Å²) in [7, 11) is 3.08. The summed E-state index contributed by atoms with van der Waals surface area (Å²) in [4.78, 5) is 36.1. The first kappa shape index (κ1) is 23.4. The van der Waals surface area contributed by atoms with Gasteiger partial charge in [-0.2, -0.15) is 0 Å². The largest absolute Gasteiger partial charge is 0.497 e. The number of carbonyl (C=O) groups excluding carboxylic acids is 3. The van der Waals surface area contributed by atoms with Crippen LogP contribution >= 0.6 is 0 Å². The first-order valence-electron chi connectivity index (χ1n) is 9.30. The minimum Gasteiger partial charge on any atom is -0.497 e. The third-order valence-electron chi connectivity index (χ3n) is 4.65. The molecule has 0 aliphatic heterocycles. The van der Waals surface area contributed by atoms with E-state index in [0.717, 1.165) is 5.56 Å². The number of benzene rings is 1. The average molecular weight is 393 g/mol. The monoisotopic (exact) mass is 393 g/mol. The molecular weight excluding hydrogens is 362 g/mol. The zero-order chi connectivity index (χ0) is 21.3. The lowest BCUT2D eigenvalue weighted by Gasteiger charge is -2.29. The van der Waals surface area contributed by atoms with Gasteiger partial charge >= 0.3 is 0 Å². The Morgan fingerprint density at radius 1 is 1.18 bits per heavy atom. The molecule has 0 spiro atoms. The van der Waals surface area contributed by atoms with E-state index in [1.165, 1.54) is 7.05 Å². The molecule has 0 bridgehead atoms. The summed E-state index contributed by atoms with van der Waals surface area (Å²) in [6.45, 7) is 5.49. The summed E-state index contributed by atoms with van der Waals surface area (Å²) in [5.74, 6) is -0.496. The van der Waals surface area contributed by atoms with Crippen molar-refractivity contribution in [2.45, 2.75) is 45.7 Å². The van der Waals surface area contributed by atoms with Crippen molar-refractivity contribution in [3.05, 3.63) is 29.8 Å². The summed E-state index contributed by atoms with van der Waals surface area (Å²) < 4.78 is 5.13. The molecule has 0 radical (unpaired) electrons. The number of hydroxylamine groups is 2. The molecule has 0 saturated carbocycles. The number of ether oxygens (including phenoxy) is 1. The molecule has 8 heteroatoms. The average Bonchev–Trinajstić information content (AvgIpc) is 2.69. The maximum absolute atomic E-state index is 12.9. The molecule has 3 N–H and O–H groups in total. The molecule has 0 heterocycles. The third kappa shape index (κ3) is 6.84. The molecule has 1 aromatic carbocycles. The Morgan fingerprint density at radius 2 is 1.79 bits per heavy atom. The van der Waals surface area contributed by atoms with Crippen LogP contribution in [0.15, 0.2) is 24.3 Å². The lowest BCUT2D eigenvalue weighted by atomic mass is 9.89. The van der Waals surface area contributed by atoms with Crippen LogP contribution in [0.5, 0.6) is 5.75 Å². The lowest BCUT2D eigenvalue weighted by Crippen LogP contribution is -2.52. The molecule has 0 fully saturated rings. The highest BCUT2D eigenvalue weighted by Crippen LogP contribution is 2.20. The van der Waals surface area contributed by atoms with Crippen LogP contribution in [0.25, 0.3) is 0 Å². The number of methoxy groups -OCH3 is 1. The van der Waals surface area contributed by atoms with Gasteiger partial charge in [-0.05, 0) is 37.0 Å². The normalized spacial score (nSPS) is 14.0. The van der Waals surface area contributed by atoms with Crippen molar-refractivity contribution in [2.24, 2.45) is 11.8 Å². The SMILES string of the molecule is CNC(=O)[C@H](Cc1ccc(OC)cc1)NC(=O)C(CC(C)C)C(C)N(O)C=O. The van der Waals surface area contributed by atoms with Gasteiger partial charge in [-0.3, -0.25) is 19.6 Å². The molecular formula is C20H31N3O5. The van der Waals surface area contributed by atoms with Crippen molar-refractivity contribution in [3.63, 3.8) is 0 Å². The van der Waals surface area contributed by atoms with E-state index in [1.807, 2.05) is 26.0 Å². The topological polar surface area (TPSA) is 108 Å². The summed E-state index contributed by atoms with van der Waals surface area (Å²) in [6, 6.07) is 5.74. The Balaban J connectivity index is 2.98. The summed E-state index contributed by atoms with van der Waals surface area (Å²) in [6.07, 6.45) is 1.04. The quantitative estimate of drug-likeness (QED) is 0.299. The van der Waals surface area contributed by atoms with Crippen LogP contribution in [0.2, 0.25) is 0 Å². The molecule has 156 valence electrons. The van der Waals surface area contributed by atoms with Crippen molar-refractivity contribution in [1.82, 2.24) is 15.7 Å². The Kier molecular flexibility index (Phi) is 9.44. The van der Waals surface area contributed by atoms with Gasteiger partial charge < -0.3 is 15.4 Å². The molecule has 2 unspecified atom stereocenters. The van der Waals surface area contributed by atoms with Crippen LogP contribution in [0, 0.1) is 11.8 Å². The molecule has 0 aliphatic carbocycles. The van der Waals surface area contributed by atoms with Gasteiger partial charge in [0, 0.05) is 13.5 Å². The molecule has 0 aliphatic rings. The molecule has 3 atom stereocenters. The van der Waals surface area contributed by atoms with Gasteiger partial charge in [0.15, 0.2) is 0 Å². The molecule has 0 aromatic heterocycles. The molecule has 8 nitrogen and oxygen atoms in total. The van der Waals surface area contributed by atoms with E-state index in [1.54, 1.807) is 26.2 Å². The van der Waals surface area contributed by atoms with Crippen LogP contribution in [0.4, 0.5) is 0 Å². The Bertz CT molecular complexity index is 648. The van der Waals surface area contributed by atoms with Gasteiger partial charge in [-0.15, -0.1) is 0 Å². The lowest BCUT2D eigenvalue weighted by molar-refractivity contribution is -0.166. The van der Waals surface area contributed by atoms with Gasteiger partial charge in [0.25, 0.3) is 0 Å². The summed E-state index contributed by atoms with van der Waals surface area (Å²) >= 11 is 0. The second-order valence-corrected chi connectivity index (χ2v) is 7.19. The first-order chi connectivity index (χ1) is 13.2. The number of hydrogen-bond donors (Lipinski definition) is 3. The maximum atomic E-state index is 12.9. The van der Waals surface area contributed by atoms with Gasteiger partial charge in [-0.25, -0.2) is 5.06 Å². The second-order valence-electron chi connectivity index (χ2n) is 7.19. The van der Waals surface area contributed by atoms with E-state index in [4.69, 9.17) is 4.74 Å². The smallest absolute Gasteiger partial charge is 0.242 e. The highest BCUT2D eigenvalue weighted by molar-refractivity contribution is 5.89. The predicted molar refractivity (Wildman–Crippen MR) is 105 cm³/mol. The van der Waals surface area contributed by atoms with Crippen molar-refractivity contribution in [1.29, 1.82) is 0 Å². The Morgan fingerprint density at radius 3 is 2.25 bits per heavy atom. The van der Waals surface area contributed by atoms with Gasteiger partial charge in [0.2, 0.25) is 18.2 Å². The van der Waals surface area contributed by atoms with E-state index in [0.29, 0.717) is 23.7 Å². The molecule has 3 amide bonds. The summed E-state index contributed by atoms with van der Waals surface area (Å²) in [5, 5.41) is 15.6. The van der Waals surface area contributed by atoms with Crippen LogP contribution in [-0.4, -0.2) is 54.7 Å². The zero-order valence-electron chi connectivity index (χ0n) is 17.1. The standard InChI is InChI=1S/C20H31N3O5/c1-13(2)10-17(14(3)23(27)12-24)19(25)22-18(20(26)21-4)11-15-6-8-16(28-5)9-7-15/h6-9,12-14,17-18,27H,10-11H2,1-5H3,(H,21,26)(H,22,25)/t14?,17?,18-/m0/s1. The second kappa shape index (κ2) is 11.3. The van der Waals surface area contributed by atoms with Gasteiger partial charge in [-0.1, -0.05) is 26.0 Å². The molecule has 28 heavy (non-hydrogen) atoms. The van der Waals surface area contributed by atoms with Gasteiger partial charge in [0.05, 0.1) is 19.1 Å². The number of carbonyl (C=O) groups is 3. The molecule has 1 rings (SSSR count). The number of likely N-dealkylation sites (N-methyl/N-ethyl adjacent to an activating group) is 1. The van der Waals surface area contributed by atoms with E-state index in [-0.39, 0.29) is 24.1 Å². The van der Waals surface area contributed by atoms with Gasteiger partial charge in [0.1, 0.15) is 11.8 Å². The van der Waals surface area contributed by atoms with Crippen molar-refractivity contribution < 1.29 is 24.3 Å². The number of hydrogen-bond acceptors (Lipinski definition) is 5. The molecule has 0 saturated heterocycles. The van der Waals surface area contributed by atoms with E-state index in [9.17, 15) is 19.6 Å². The van der Waals surface area contributed by atoms with Crippen LogP contribution < -0.4 is 15.4 Å². The highest BCUT2D eigenvalue weighted by atomic mass is 16.5. The van der Waals surface area contributed by atoms with Crippen molar-refractivity contribution in [3.8, 4) is 5.75 Å². The Hall–Kier alpha value is -2.61. The van der Waals surface area contributed by atoms with Crippen LogP contribution in [0.1, 0.15) is 32.8 Å². The first-order valence-corrected chi connectivity index (χ1v) is 9.30. The number of nitrogens with one attached hydrogen (secondary N) is 2. The van der Waals surface area contributed by atoms with Crippen LogP contribution in [0.3, 0.4) is 0 Å². The van der Waals surface area contributed by atoms with E-state index >= 15 is 0 Å². The van der Waals surface area contributed by atoms with Crippen molar-refractivity contribution >= 4 is 18.2 Å². The van der Waals surface area contributed by atoms with E-state index in [2.05, 4.69) is 10.6 Å². The molecule has 1 aromatic rings. The number of nitrogens with zero attached hydrogens (tertiary/aromatic N) is 1. The Labute approximate surface area is 166 Å². The maximum Gasteiger partial charge on any atom is 0.242 e. The fourth-order valence-corrected chi connectivity index (χ4v) is 2.97. The minimum absolute atomic E-state index is 0.165. The summed E-state index contributed by atoms with van der Waals surface area (Å²) in [5.41, 5.74) is 0.861. The predicted octanol–water partition coefficient (Wildman–Crippen LogP) is 1.37. The highest BCUT2D eigenvalue weighted by Gasteiger charge is 2.32. The minimum atomic E-state index is -0.781. The number of rotatable bonds is 11. The third-order valence-corrected chi connectivity index (χ3v) is 4.65. The fourth-order valence-electron chi connectivity index (χ4n) is 2.97. The fraction of sp³-hybridized carbons (Fsp3) is 0.550. The van der Waals surface area contributed by atoms with Crippen molar-refractivity contribution in [2.75, 3.05) is 14.2 Å². The van der Waals surface area contributed by atoms with E-state index < -0.39 is 18.0 Å².